The fourth-order valence-electron chi connectivity index (χ4n) is 4.00. The molecule has 106 valence electrons. The Morgan fingerprint density at radius 2 is 2.00 bits per heavy atom. The summed E-state index contributed by atoms with van der Waals surface area (Å²) in [5.41, 5.74) is 0. The van der Waals surface area contributed by atoms with E-state index in [9.17, 15) is 0 Å². The highest BCUT2D eigenvalue weighted by molar-refractivity contribution is 5.11. The van der Waals surface area contributed by atoms with Gasteiger partial charge in [-0.2, -0.15) is 0 Å². The molecule has 4 heteroatoms. The maximum Gasteiger partial charge on any atom is 0.161 e. The van der Waals surface area contributed by atoms with Crippen LogP contribution in [-0.2, 0) is 14.2 Å². The Morgan fingerprint density at radius 1 is 1.11 bits per heavy atom. The van der Waals surface area contributed by atoms with Crippen molar-refractivity contribution in [2.45, 2.75) is 25.2 Å². The van der Waals surface area contributed by atoms with Gasteiger partial charge in [-0.3, -0.25) is 4.90 Å². The van der Waals surface area contributed by atoms with E-state index in [1.165, 1.54) is 12.8 Å². The number of hydrogen-bond acceptors (Lipinski definition) is 4. The van der Waals surface area contributed by atoms with Gasteiger partial charge in [-0.05, 0) is 24.7 Å². The Balaban J connectivity index is 1.29. The number of allylic oxidation sites excluding steroid dienone is 2. The van der Waals surface area contributed by atoms with Crippen molar-refractivity contribution in [2.75, 3.05) is 39.5 Å². The van der Waals surface area contributed by atoms with E-state index in [2.05, 4.69) is 17.1 Å². The van der Waals surface area contributed by atoms with Crippen LogP contribution >= 0.6 is 0 Å². The number of fused-ring (bicyclic) bond motifs is 2. The van der Waals surface area contributed by atoms with E-state index in [0.29, 0.717) is 11.8 Å². The normalized spacial score (nSPS) is 46.2. The molecule has 4 rings (SSSR count). The highest BCUT2D eigenvalue weighted by atomic mass is 16.7. The molecule has 0 aromatic rings. The Kier molecular flexibility index (Phi) is 3.35. The number of hydrogen-bond donors (Lipinski definition) is 0. The Hall–Kier alpha value is -0.420. The molecule has 0 radical (unpaired) electrons. The van der Waals surface area contributed by atoms with Crippen molar-refractivity contribution in [3.05, 3.63) is 12.2 Å². The van der Waals surface area contributed by atoms with Crippen LogP contribution in [0.2, 0.25) is 0 Å². The van der Waals surface area contributed by atoms with Crippen LogP contribution in [0.1, 0.15) is 12.8 Å². The van der Waals surface area contributed by atoms with Crippen molar-refractivity contribution < 1.29 is 14.2 Å². The minimum absolute atomic E-state index is 0.0472. The molecule has 2 heterocycles. The zero-order chi connectivity index (χ0) is 12.7. The van der Waals surface area contributed by atoms with Crippen LogP contribution in [0.25, 0.3) is 0 Å². The Bertz CT molecular complexity index is 353. The van der Waals surface area contributed by atoms with Crippen molar-refractivity contribution in [2.24, 2.45) is 17.8 Å². The number of nitrogens with zero attached hydrogens (tertiary/aromatic N) is 1. The summed E-state index contributed by atoms with van der Waals surface area (Å²) in [6, 6.07) is 0. The van der Waals surface area contributed by atoms with Gasteiger partial charge in [0.2, 0.25) is 0 Å². The number of morpholine rings is 1. The molecule has 0 aromatic carbocycles. The molecule has 2 aliphatic heterocycles. The summed E-state index contributed by atoms with van der Waals surface area (Å²) in [4.78, 5) is 2.43. The predicted molar refractivity (Wildman–Crippen MR) is 70.7 cm³/mol. The molecule has 1 saturated carbocycles. The first-order chi connectivity index (χ1) is 9.38. The van der Waals surface area contributed by atoms with Gasteiger partial charge in [-0.1, -0.05) is 12.2 Å². The van der Waals surface area contributed by atoms with Gasteiger partial charge in [0.15, 0.2) is 6.29 Å². The van der Waals surface area contributed by atoms with Crippen LogP contribution in [0.15, 0.2) is 12.2 Å². The Morgan fingerprint density at radius 3 is 2.74 bits per heavy atom. The molecule has 19 heavy (non-hydrogen) atoms. The smallest absolute Gasteiger partial charge is 0.161 e. The lowest BCUT2D eigenvalue weighted by atomic mass is 9.93. The summed E-state index contributed by atoms with van der Waals surface area (Å²) in [5.74, 6) is 2.10. The SMILES string of the molecule is C1=C[C@H]2C[C@H]1C[C@@H]2[C@@H]1OC[C@@H](CN2CCOCC2)O1. The second kappa shape index (κ2) is 5.17. The average molecular weight is 265 g/mol. The lowest BCUT2D eigenvalue weighted by Gasteiger charge is -2.29. The van der Waals surface area contributed by atoms with E-state index in [1.54, 1.807) is 0 Å². The van der Waals surface area contributed by atoms with E-state index in [0.717, 1.165) is 45.4 Å². The summed E-state index contributed by atoms with van der Waals surface area (Å²) < 4.78 is 17.5. The third-order valence-electron chi connectivity index (χ3n) is 5.02. The summed E-state index contributed by atoms with van der Waals surface area (Å²) in [7, 11) is 0. The van der Waals surface area contributed by atoms with E-state index in [4.69, 9.17) is 14.2 Å². The standard InChI is InChI=1S/C15H23NO3/c1-2-12-7-11(1)8-14(12)15-18-10-13(19-15)9-16-3-5-17-6-4-16/h1-2,11-15H,3-10H2/t11-,12-,13+,14-,15+/m0/s1. The largest absolute Gasteiger partial charge is 0.379 e. The lowest BCUT2D eigenvalue weighted by Crippen LogP contribution is -2.41. The van der Waals surface area contributed by atoms with Gasteiger partial charge in [0.05, 0.1) is 25.9 Å². The van der Waals surface area contributed by atoms with Gasteiger partial charge in [-0.25, -0.2) is 0 Å². The van der Waals surface area contributed by atoms with Crippen molar-refractivity contribution in [1.82, 2.24) is 4.90 Å². The first-order valence-electron chi connectivity index (χ1n) is 7.64. The molecule has 2 aliphatic carbocycles. The van der Waals surface area contributed by atoms with E-state index in [-0.39, 0.29) is 12.4 Å². The summed E-state index contributed by atoms with van der Waals surface area (Å²) in [5, 5.41) is 0. The first kappa shape index (κ1) is 12.3. The van der Waals surface area contributed by atoms with Crippen molar-refractivity contribution >= 4 is 0 Å². The molecule has 0 unspecified atom stereocenters. The van der Waals surface area contributed by atoms with Gasteiger partial charge in [0.1, 0.15) is 0 Å². The molecule has 3 fully saturated rings. The summed E-state index contributed by atoms with van der Waals surface area (Å²) in [6.45, 7) is 5.53. The molecule has 0 amide bonds. The lowest BCUT2D eigenvalue weighted by molar-refractivity contribution is -0.107. The highest BCUT2D eigenvalue weighted by Gasteiger charge is 2.44. The fraction of sp³-hybridized carbons (Fsp3) is 0.867. The first-order valence-corrected chi connectivity index (χ1v) is 7.64. The van der Waals surface area contributed by atoms with Crippen LogP contribution in [0, 0.1) is 17.8 Å². The van der Waals surface area contributed by atoms with Gasteiger partial charge in [0.25, 0.3) is 0 Å². The van der Waals surface area contributed by atoms with Crippen LogP contribution in [-0.4, -0.2) is 56.7 Å². The van der Waals surface area contributed by atoms with Crippen molar-refractivity contribution in [3.63, 3.8) is 0 Å². The molecule has 2 bridgehead atoms. The molecule has 5 atom stereocenters. The average Bonchev–Trinajstić information content (AvgIpc) is 3.15. The third kappa shape index (κ3) is 2.47. The second-order valence-corrected chi connectivity index (χ2v) is 6.32. The molecule has 2 saturated heterocycles. The van der Waals surface area contributed by atoms with Crippen LogP contribution < -0.4 is 0 Å². The molecule has 4 aliphatic rings. The Labute approximate surface area is 114 Å². The van der Waals surface area contributed by atoms with Crippen molar-refractivity contribution in [3.8, 4) is 0 Å². The van der Waals surface area contributed by atoms with Crippen molar-refractivity contribution in [1.29, 1.82) is 0 Å². The van der Waals surface area contributed by atoms with Crippen LogP contribution in [0.4, 0.5) is 0 Å². The minimum Gasteiger partial charge on any atom is -0.379 e. The van der Waals surface area contributed by atoms with Gasteiger partial charge >= 0.3 is 0 Å². The molecular formula is C15H23NO3. The molecule has 4 nitrogen and oxygen atoms in total. The monoisotopic (exact) mass is 265 g/mol. The van der Waals surface area contributed by atoms with E-state index in [1.807, 2.05) is 0 Å². The maximum absolute atomic E-state index is 6.16. The number of ether oxygens (including phenoxy) is 3. The van der Waals surface area contributed by atoms with Crippen LogP contribution in [0.5, 0.6) is 0 Å². The summed E-state index contributed by atoms with van der Waals surface area (Å²) in [6.07, 6.45) is 7.64. The van der Waals surface area contributed by atoms with Gasteiger partial charge in [-0.15, -0.1) is 0 Å². The minimum atomic E-state index is 0.0472. The topological polar surface area (TPSA) is 30.9 Å². The maximum atomic E-state index is 6.16. The van der Waals surface area contributed by atoms with Gasteiger partial charge < -0.3 is 14.2 Å². The molecule has 0 spiro atoms. The third-order valence-corrected chi connectivity index (χ3v) is 5.02. The number of rotatable bonds is 3. The molecule has 0 N–H and O–H groups in total. The van der Waals surface area contributed by atoms with E-state index < -0.39 is 0 Å². The predicted octanol–water partition coefficient (Wildman–Crippen LogP) is 1.27. The highest BCUT2D eigenvalue weighted by Crippen LogP contribution is 2.46. The molecule has 0 aromatic heterocycles. The molecular weight excluding hydrogens is 242 g/mol. The quantitative estimate of drug-likeness (QED) is 0.719. The zero-order valence-electron chi connectivity index (χ0n) is 11.4. The van der Waals surface area contributed by atoms with Gasteiger partial charge in [0, 0.05) is 25.6 Å². The van der Waals surface area contributed by atoms with Crippen LogP contribution in [0.3, 0.4) is 0 Å². The zero-order valence-corrected chi connectivity index (χ0v) is 11.4. The fourth-order valence-corrected chi connectivity index (χ4v) is 4.00. The summed E-state index contributed by atoms with van der Waals surface area (Å²) >= 11 is 0. The van der Waals surface area contributed by atoms with E-state index >= 15 is 0 Å². The second-order valence-electron chi connectivity index (χ2n) is 6.32.